The van der Waals surface area contributed by atoms with Crippen LogP contribution < -0.4 is 40.4 Å². The van der Waals surface area contributed by atoms with Crippen molar-refractivity contribution in [3.05, 3.63) is 11.3 Å². The number of thioether (sulfide) groups is 1. The molecule has 5 nitrogen and oxygen atoms in total. The minimum absolute atomic E-state index is 0. The average Bonchev–Trinajstić information content (AvgIpc) is 2.25. The molecule has 2 aliphatic heterocycles. The first kappa shape index (κ1) is 14.3. The van der Waals surface area contributed by atoms with Crippen LogP contribution in [0.25, 0.3) is 0 Å². The fourth-order valence-corrected chi connectivity index (χ4v) is 3.30. The standard InChI is InChI=1S/C8H9ClN2O3S.Na/c9-1-3-2-15-7-4(10)6(12)11(7)5(3)8(13)14;/h4,7H,1-2,10H2,(H,13,14);/q;+1/p-1. The van der Waals surface area contributed by atoms with Crippen molar-refractivity contribution >= 4 is 35.2 Å². The number of alkyl halides is 1. The molecule has 1 amide bonds. The Balaban J connectivity index is 0.00000128. The second-order valence-corrected chi connectivity index (χ2v) is 4.68. The Labute approximate surface area is 124 Å². The van der Waals surface area contributed by atoms with E-state index in [9.17, 15) is 14.7 Å². The molecule has 2 rings (SSSR count). The first-order chi connectivity index (χ1) is 7.07. The van der Waals surface area contributed by atoms with Crippen LogP contribution in [0.4, 0.5) is 0 Å². The second kappa shape index (κ2) is 5.29. The third-order valence-electron chi connectivity index (χ3n) is 2.44. The van der Waals surface area contributed by atoms with Crippen LogP contribution in [0.5, 0.6) is 0 Å². The minimum Gasteiger partial charge on any atom is -0.543 e. The smallest absolute Gasteiger partial charge is 0.543 e. The molecule has 0 aromatic rings. The van der Waals surface area contributed by atoms with Gasteiger partial charge in [0, 0.05) is 11.6 Å². The Hall–Kier alpha value is 0.280. The van der Waals surface area contributed by atoms with Crippen LogP contribution in [0.15, 0.2) is 11.3 Å². The molecule has 82 valence electrons. The van der Waals surface area contributed by atoms with E-state index >= 15 is 0 Å². The second-order valence-electron chi connectivity index (χ2n) is 3.31. The first-order valence-corrected chi connectivity index (χ1v) is 5.86. The Morgan fingerprint density at radius 2 is 2.31 bits per heavy atom. The predicted octanol–water partition coefficient (Wildman–Crippen LogP) is -4.52. The summed E-state index contributed by atoms with van der Waals surface area (Å²) in [5.41, 5.74) is 5.96. The number of fused-ring (bicyclic) bond motifs is 1. The van der Waals surface area contributed by atoms with Crippen molar-refractivity contribution in [3.8, 4) is 0 Å². The quantitative estimate of drug-likeness (QED) is 0.310. The van der Waals surface area contributed by atoms with Gasteiger partial charge in [0.25, 0.3) is 0 Å². The summed E-state index contributed by atoms with van der Waals surface area (Å²) in [5, 5.41) is 10.6. The predicted molar refractivity (Wildman–Crippen MR) is 53.8 cm³/mol. The van der Waals surface area contributed by atoms with Gasteiger partial charge in [-0.3, -0.25) is 9.69 Å². The third-order valence-corrected chi connectivity index (χ3v) is 4.13. The van der Waals surface area contributed by atoms with Crippen LogP contribution in [-0.2, 0) is 9.59 Å². The van der Waals surface area contributed by atoms with E-state index in [4.69, 9.17) is 17.3 Å². The largest absolute Gasteiger partial charge is 1.00 e. The molecule has 0 radical (unpaired) electrons. The summed E-state index contributed by atoms with van der Waals surface area (Å²) in [5.74, 6) is -1.18. The number of halogens is 1. The van der Waals surface area contributed by atoms with Crippen LogP contribution in [0.3, 0.4) is 0 Å². The van der Waals surface area contributed by atoms with E-state index in [0.717, 1.165) is 0 Å². The fourth-order valence-electron chi connectivity index (χ4n) is 1.67. The zero-order valence-electron chi connectivity index (χ0n) is 8.60. The number of rotatable bonds is 2. The first-order valence-electron chi connectivity index (χ1n) is 4.27. The van der Waals surface area contributed by atoms with E-state index in [0.29, 0.717) is 11.3 Å². The molecule has 0 aliphatic carbocycles. The number of nitrogens with zero attached hydrogens (tertiary/aromatic N) is 1. The normalized spacial score (nSPS) is 28.1. The zero-order chi connectivity index (χ0) is 11.2. The van der Waals surface area contributed by atoms with Gasteiger partial charge < -0.3 is 15.6 Å². The van der Waals surface area contributed by atoms with E-state index in [2.05, 4.69) is 0 Å². The maximum Gasteiger partial charge on any atom is 1.00 e. The number of carboxylic acid groups (broad SMARTS) is 1. The van der Waals surface area contributed by atoms with Gasteiger partial charge in [0.15, 0.2) is 0 Å². The molecule has 0 aromatic heterocycles. The summed E-state index contributed by atoms with van der Waals surface area (Å²) < 4.78 is 0. The summed E-state index contributed by atoms with van der Waals surface area (Å²) in [4.78, 5) is 23.5. The summed E-state index contributed by atoms with van der Waals surface area (Å²) in [6.45, 7) is 0. The Kier molecular flexibility index (Phi) is 4.74. The molecule has 0 spiro atoms. The molecule has 2 heterocycles. The van der Waals surface area contributed by atoms with Crippen LogP contribution >= 0.6 is 23.4 Å². The van der Waals surface area contributed by atoms with Crippen molar-refractivity contribution in [1.82, 2.24) is 4.90 Å². The summed E-state index contributed by atoms with van der Waals surface area (Å²) in [6.07, 6.45) is 0. The van der Waals surface area contributed by atoms with Gasteiger partial charge in [0.2, 0.25) is 5.91 Å². The Bertz CT molecular complexity index is 376. The van der Waals surface area contributed by atoms with E-state index in [1.165, 1.54) is 16.7 Å². The van der Waals surface area contributed by atoms with Crippen LogP contribution in [0.2, 0.25) is 0 Å². The number of aliphatic carboxylic acids is 1. The van der Waals surface area contributed by atoms with Gasteiger partial charge in [-0.2, -0.15) is 0 Å². The van der Waals surface area contributed by atoms with Gasteiger partial charge in [-0.25, -0.2) is 0 Å². The molecule has 2 aliphatic rings. The summed E-state index contributed by atoms with van der Waals surface area (Å²) in [6, 6.07) is -0.610. The van der Waals surface area contributed by atoms with Crippen molar-refractivity contribution in [3.63, 3.8) is 0 Å². The van der Waals surface area contributed by atoms with Gasteiger partial charge >= 0.3 is 29.6 Å². The molecule has 1 saturated heterocycles. The van der Waals surface area contributed by atoms with E-state index in [1.54, 1.807) is 0 Å². The van der Waals surface area contributed by atoms with Gasteiger partial charge in [-0.15, -0.1) is 23.4 Å². The molecule has 8 heteroatoms. The van der Waals surface area contributed by atoms with Gasteiger partial charge in [-0.1, -0.05) is 0 Å². The van der Waals surface area contributed by atoms with E-state index in [-0.39, 0.29) is 52.4 Å². The van der Waals surface area contributed by atoms with Crippen molar-refractivity contribution in [2.75, 3.05) is 11.6 Å². The van der Waals surface area contributed by atoms with E-state index in [1.807, 2.05) is 0 Å². The monoisotopic (exact) mass is 270 g/mol. The SMILES string of the molecule is NC1C(=O)N2C(C(=O)[O-])=C(CCl)CSC12.[Na+]. The maximum atomic E-state index is 11.4. The Morgan fingerprint density at radius 1 is 1.69 bits per heavy atom. The molecule has 1 fully saturated rings. The summed E-state index contributed by atoms with van der Waals surface area (Å²) in [7, 11) is 0. The third kappa shape index (κ3) is 2.02. The molecular weight excluding hydrogens is 263 g/mol. The molecule has 2 unspecified atom stereocenters. The number of hydrogen-bond donors (Lipinski definition) is 1. The molecule has 2 N–H and O–H groups in total. The summed E-state index contributed by atoms with van der Waals surface area (Å²) >= 11 is 7.03. The van der Waals surface area contributed by atoms with Crippen molar-refractivity contribution in [2.45, 2.75) is 11.4 Å². The van der Waals surface area contributed by atoms with Crippen molar-refractivity contribution < 1.29 is 44.3 Å². The zero-order valence-corrected chi connectivity index (χ0v) is 12.2. The minimum atomic E-state index is -1.36. The van der Waals surface area contributed by atoms with E-state index < -0.39 is 12.0 Å². The topological polar surface area (TPSA) is 86.5 Å². The van der Waals surface area contributed by atoms with Crippen molar-refractivity contribution in [1.29, 1.82) is 0 Å². The fraction of sp³-hybridized carbons (Fsp3) is 0.500. The molecule has 0 aromatic carbocycles. The molecule has 2 atom stereocenters. The van der Waals surface area contributed by atoms with Crippen LogP contribution in [-0.4, -0.2) is 39.8 Å². The van der Waals surface area contributed by atoms with Gasteiger partial charge in [-0.05, 0) is 5.57 Å². The number of nitrogens with two attached hydrogens (primary N) is 1. The van der Waals surface area contributed by atoms with Gasteiger partial charge in [0.05, 0.1) is 11.7 Å². The number of carbonyl (C=O) groups excluding carboxylic acids is 2. The van der Waals surface area contributed by atoms with Crippen LogP contribution in [0.1, 0.15) is 0 Å². The molecule has 16 heavy (non-hydrogen) atoms. The molecule has 0 bridgehead atoms. The average molecular weight is 271 g/mol. The number of carboxylic acids is 1. The maximum absolute atomic E-state index is 11.4. The number of carbonyl (C=O) groups is 2. The molecule has 0 saturated carbocycles. The number of β-lactam (4-membered cyclic amide) rings is 1. The Morgan fingerprint density at radius 3 is 2.81 bits per heavy atom. The molecular formula is C8H8ClN2NaO3S. The van der Waals surface area contributed by atoms with Gasteiger partial charge in [0.1, 0.15) is 11.4 Å². The number of hydrogen-bond acceptors (Lipinski definition) is 5. The number of amides is 1. The van der Waals surface area contributed by atoms with Crippen LogP contribution in [0, 0.1) is 0 Å². The van der Waals surface area contributed by atoms with Crippen molar-refractivity contribution in [2.24, 2.45) is 5.73 Å².